The number of nitrogens with two attached hydrogens (primary N) is 1. The van der Waals surface area contributed by atoms with Gasteiger partial charge in [0.15, 0.2) is 11.5 Å². The lowest BCUT2D eigenvalue weighted by atomic mass is 10.1. The van der Waals surface area contributed by atoms with Crippen molar-refractivity contribution in [2.24, 2.45) is 10.9 Å². The number of hydrogen-bond donors (Lipinski definition) is 4. The average molecular weight is 612 g/mol. The first kappa shape index (κ1) is 31.2. The maximum Gasteiger partial charge on any atom is 0.347 e. The van der Waals surface area contributed by atoms with E-state index < -0.39 is 27.6 Å². The molecular weight excluding hydrogens is 578 g/mol. The van der Waals surface area contributed by atoms with Crippen LogP contribution in [0.5, 0.6) is 0 Å². The summed E-state index contributed by atoms with van der Waals surface area (Å²) in [7, 11) is -4.27. The summed E-state index contributed by atoms with van der Waals surface area (Å²) in [5.41, 5.74) is 5.53. The maximum absolute atomic E-state index is 13.5. The molecule has 0 saturated heterocycles. The summed E-state index contributed by atoms with van der Waals surface area (Å²) < 4.78 is 35.0. The molecule has 43 heavy (non-hydrogen) atoms. The Balaban J connectivity index is 1.57. The van der Waals surface area contributed by atoms with Crippen LogP contribution in [-0.2, 0) is 32.6 Å². The van der Waals surface area contributed by atoms with Crippen LogP contribution < -0.4 is 15.8 Å². The van der Waals surface area contributed by atoms with Crippen LogP contribution in [0.3, 0.4) is 0 Å². The Morgan fingerprint density at radius 2 is 1.88 bits per heavy atom. The van der Waals surface area contributed by atoms with Gasteiger partial charge in [0.1, 0.15) is 5.69 Å². The number of benzene rings is 2. The molecule has 0 bridgehead atoms. The molecule has 2 aromatic carbocycles. The predicted octanol–water partition coefficient (Wildman–Crippen LogP) is 1.32. The monoisotopic (exact) mass is 611 g/mol. The van der Waals surface area contributed by atoms with Gasteiger partial charge in [0, 0.05) is 31.3 Å². The standard InChI is InChI=1S/C28H33N7O7S/c1-4-42-27(38)28(3,33-43(40,41)21-11-9-18(2)10-12-21)30-25(36)22-16-23-26(37)34(13-6-14-35(23)31-22)17-19-7-5-8-20(15-19)24(29)32-39/h5,7-12,15-16,33,39H,4,6,13-14,17H2,1-3H3,(H2,29,32)(H,30,36)/t28-/m1/s1. The molecule has 5 N–H and O–H groups in total. The highest BCUT2D eigenvalue weighted by Crippen LogP contribution is 2.19. The molecule has 0 saturated carbocycles. The van der Waals surface area contributed by atoms with Crippen molar-refractivity contribution in [1.29, 1.82) is 0 Å². The Bertz CT molecular complexity index is 1670. The molecule has 228 valence electrons. The molecular formula is C28H33N7O7S. The van der Waals surface area contributed by atoms with Crippen LogP contribution in [0, 0.1) is 6.92 Å². The highest BCUT2D eigenvalue weighted by Gasteiger charge is 2.42. The van der Waals surface area contributed by atoms with Crippen molar-refractivity contribution in [3.05, 3.63) is 82.7 Å². The first-order valence-electron chi connectivity index (χ1n) is 13.4. The summed E-state index contributed by atoms with van der Waals surface area (Å²) in [6.07, 6.45) is 0.540. The van der Waals surface area contributed by atoms with Crippen molar-refractivity contribution in [3.8, 4) is 0 Å². The highest BCUT2D eigenvalue weighted by molar-refractivity contribution is 7.89. The van der Waals surface area contributed by atoms with Gasteiger partial charge in [-0.1, -0.05) is 41.1 Å². The fourth-order valence-corrected chi connectivity index (χ4v) is 5.82. The number of nitrogens with one attached hydrogen (secondary N) is 2. The van der Waals surface area contributed by atoms with Gasteiger partial charge in [0.05, 0.1) is 11.5 Å². The van der Waals surface area contributed by atoms with Gasteiger partial charge in [0.2, 0.25) is 15.7 Å². The van der Waals surface area contributed by atoms with Crippen LogP contribution in [0.1, 0.15) is 57.9 Å². The second-order valence-corrected chi connectivity index (χ2v) is 11.8. The van der Waals surface area contributed by atoms with E-state index in [1.807, 2.05) is 0 Å². The van der Waals surface area contributed by atoms with E-state index in [-0.39, 0.29) is 41.2 Å². The number of sulfonamides is 1. The summed E-state index contributed by atoms with van der Waals surface area (Å²) in [6.45, 7) is 5.42. The summed E-state index contributed by atoms with van der Waals surface area (Å²) in [4.78, 5) is 41.2. The Morgan fingerprint density at radius 1 is 1.16 bits per heavy atom. The molecule has 1 aliphatic rings. The molecule has 1 atom stereocenters. The van der Waals surface area contributed by atoms with Crippen LogP contribution >= 0.6 is 0 Å². The van der Waals surface area contributed by atoms with Gasteiger partial charge in [-0.05, 0) is 51.0 Å². The minimum atomic E-state index is -4.27. The van der Waals surface area contributed by atoms with Gasteiger partial charge >= 0.3 is 5.97 Å². The molecule has 14 nitrogen and oxygen atoms in total. The molecule has 0 unspecified atom stereocenters. The fraction of sp³-hybridized carbons (Fsp3) is 0.321. The number of aromatic nitrogens is 2. The first-order chi connectivity index (χ1) is 20.4. The number of amides is 2. The third-order valence-electron chi connectivity index (χ3n) is 6.74. The summed E-state index contributed by atoms with van der Waals surface area (Å²) in [6, 6.07) is 14.2. The molecule has 0 fully saturated rings. The number of hydrogen-bond acceptors (Lipinski definition) is 9. The van der Waals surface area contributed by atoms with Gasteiger partial charge in [-0.15, -0.1) is 0 Å². The second kappa shape index (κ2) is 12.6. The molecule has 4 rings (SSSR count). The Kier molecular flexibility index (Phi) is 9.16. The number of ether oxygens (including phenoxy) is 1. The van der Waals surface area contributed by atoms with E-state index in [4.69, 9.17) is 15.7 Å². The summed E-state index contributed by atoms with van der Waals surface area (Å²) >= 11 is 0. The number of oxime groups is 1. The number of nitrogens with zero attached hydrogens (tertiary/aromatic N) is 4. The number of carbonyl (C=O) groups excluding carboxylic acids is 3. The highest BCUT2D eigenvalue weighted by atomic mass is 32.2. The molecule has 2 amide bonds. The number of rotatable bonds is 10. The topological polar surface area (TPSA) is 198 Å². The lowest BCUT2D eigenvalue weighted by molar-refractivity contribution is -0.150. The quantitative estimate of drug-likeness (QED) is 0.0652. The van der Waals surface area contributed by atoms with Gasteiger partial charge in [-0.2, -0.15) is 9.82 Å². The second-order valence-electron chi connectivity index (χ2n) is 10.1. The van der Waals surface area contributed by atoms with Gasteiger partial charge < -0.3 is 25.9 Å². The predicted molar refractivity (Wildman–Crippen MR) is 155 cm³/mol. The van der Waals surface area contributed by atoms with E-state index in [0.29, 0.717) is 25.1 Å². The number of carbonyl (C=O) groups is 3. The van der Waals surface area contributed by atoms with Crippen LogP contribution in [0.2, 0.25) is 0 Å². The zero-order valence-corrected chi connectivity index (χ0v) is 24.7. The smallest absolute Gasteiger partial charge is 0.347 e. The first-order valence-corrected chi connectivity index (χ1v) is 14.9. The molecule has 1 aliphatic heterocycles. The van der Waals surface area contributed by atoms with Crippen molar-refractivity contribution >= 4 is 33.6 Å². The van der Waals surface area contributed by atoms with E-state index in [9.17, 15) is 22.8 Å². The lowest BCUT2D eigenvalue weighted by Gasteiger charge is -2.28. The largest absolute Gasteiger partial charge is 0.463 e. The van der Waals surface area contributed by atoms with E-state index in [0.717, 1.165) is 11.1 Å². The zero-order valence-electron chi connectivity index (χ0n) is 23.9. The summed E-state index contributed by atoms with van der Waals surface area (Å²) in [5, 5.41) is 18.7. The minimum absolute atomic E-state index is 0.0613. The van der Waals surface area contributed by atoms with E-state index in [2.05, 4.69) is 20.3 Å². The SMILES string of the molecule is CCOC(=O)[C@](C)(NC(=O)c1cc2n(n1)CCCN(Cc1cccc(C(N)=NO)c1)C2=O)NS(=O)(=O)c1ccc(C)cc1. The van der Waals surface area contributed by atoms with E-state index in [1.54, 1.807) is 55.1 Å². The minimum Gasteiger partial charge on any atom is -0.463 e. The van der Waals surface area contributed by atoms with Crippen molar-refractivity contribution in [2.45, 2.75) is 50.8 Å². The third-order valence-corrected chi connectivity index (χ3v) is 8.31. The zero-order chi connectivity index (χ0) is 31.4. The molecule has 0 aliphatic carbocycles. The maximum atomic E-state index is 13.5. The third kappa shape index (κ3) is 7.01. The Labute approximate surface area is 248 Å². The van der Waals surface area contributed by atoms with Gasteiger partial charge in [-0.25, -0.2) is 13.2 Å². The lowest BCUT2D eigenvalue weighted by Crippen LogP contribution is -2.64. The Hall–Kier alpha value is -4.76. The van der Waals surface area contributed by atoms with Crippen molar-refractivity contribution in [1.82, 2.24) is 24.7 Å². The number of aryl methyl sites for hydroxylation is 2. The van der Waals surface area contributed by atoms with Crippen molar-refractivity contribution in [3.63, 3.8) is 0 Å². The summed E-state index contributed by atoms with van der Waals surface area (Å²) in [5.74, 6) is -2.37. The van der Waals surface area contributed by atoms with E-state index >= 15 is 0 Å². The van der Waals surface area contributed by atoms with Crippen molar-refractivity contribution in [2.75, 3.05) is 13.2 Å². The Morgan fingerprint density at radius 3 is 2.56 bits per heavy atom. The van der Waals surface area contributed by atoms with Gasteiger partial charge in [-0.3, -0.25) is 14.3 Å². The normalized spacial score (nSPS) is 15.3. The number of fused-ring (bicyclic) bond motifs is 1. The molecule has 1 aromatic heterocycles. The molecule has 3 aromatic rings. The molecule has 0 radical (unpaired) electrons. The molecule has 15 heteroatoms. The number of esters is 1. The van der Waals surface area contributed by atoms with Crippen LogP contribution in [-0.4, -0.2) is 70.7 Å². The average Bonchev–Trinajstić information content (AvgIpc) is 3.34. The van der Waals surface area contributed by atoms with Crippen LogP contribution in [0.4, 0.5) is 0 Å². The van der Waals surface area contributed by atoms with Crippen LogP contribution in [0.15, 0.2) is 64.6 Å². The van der Waals surface area contributed by atoms with Crippen LogP contribution in [0.25, 0.3) is 0 Å². The van der Waals surface area contributed by atoms with Gasteiger partial charge in [0.25, 0.3) is 11.8 Å². The molecule has 2 heterocycles. The van der Waals surface area contributed by atoms with Crippen molar-refractivity contribution < 1.29 is 32.7 Å². The fourth-order valence-electron chi connectivity index (χ4n) is 4.53. The molecule has 0 spiro atoms. The van der Waals surface area contributed by atoms with E-state index in [1.165, 1.54) is 29.8 Å². The number of amidine groups is 1.